The molecule has 0 atom stereocenters. The average Bonchev–Trinajstić information content (AvgIpc) is 2.25. The number of nitriles is 1. The topological polar surface area (TPSA) is 64.9 Å². The summed E-state index contributed by atoms with van der Waals surface area (Å²) in [5, 5.41) is 14.4. The Morgan fingerprint density at radius 2 is 2.12 bits per heavy atom. The molecular formula is C12H21N3O. The third-order valence-corrected chi connectivity index (χ3v) is 2.01. The molecule has 16 heavy (non-hydrogen) atoms. The van der Waals surface area contributed by atoms with Crippen molar-refractivity contribution in [3.8, 4) is 6.07 Å². The van der Waals surface area contributed by atoms with Gasteiger partial charge >= 0.3 is 0 Å². The van der Waals surface area contributed by atoms with E-state index in [0.717, 1.165) is 19.4 Å². The van der Waals surface area contributed by atoms with Crippen molar-refractivity contribution in [1.29, 1.82) is 5.26 Å². The SMILES string of the molecule is CCCNC(=O)/C(C#N)=C\NCCC(C)C. The van der Waals surface area contributed by atoms with Crippen LogP contribution in [0.5, 0.6) is 0 Å². The van der Waals surface area contributed by atoms with Gasteiger partial charge in [-0.3, -0.25) is 4.79 Å². The second-order valence-electron chi connectivity index (χ2n) is 4.06. The number of nitrogens with one attached hydrogen (secondary N) is 2. The van der Waals surface area contributed by atoms with Crippen molar-refractivity contribution < 1.29 is 4.79 Å². The van der Waals surface area contributed by atoms with Gasteiger partial charge in [0.2, 0.25) is 0 Å². The monoisotopic (exact) mass is 223 g/mol. The van der Waals surface area contributed by atoms with Crippen LogP contribution in [-0.4, -0.2) is 19.0 Å². The molecule has 0 unspecified atom stereocenters. The van der Waals surface area contributed by atoms with Crippen LogP contribution < -0.4 is 10.6 Å². The van der Waals surface area contributed by atoms with Crippen molar-refractivity contribution >= 4 is 5.91 Å². The molecule has 4 heteroatoms. The summed E-state index contributed by atoms with van der Waals surface area (Å²) in [5.74, 6) is 0.307. The molecule has 0 radical (unpaired) electrons. The highest BCUT2D eigenvalue weighted by Crippen LogP contribution is 1.97. The van der Waals surface area contributed by atoms with E-state index in [1.807, 2.05) is 13.0 Å². The smallest absolute Gasteiger partial charge is 0.263 e. The molecule has 0 saturated carbocycles. The first-order chi connectivity index (χ1) is 7.61. The highest BCUT2D eigenvalue weighted by atomic mass is 16.1. The van der Waals surface area contributed by atoms with Crippen LogP contribution >= 0.6 is 0 Å². The second-order valence-corrected chi connectivity index (χ2v) is 4.06. The van der Waals surface area contributed by atoms with Crippen molar-refractivity contribution in [3.63, 3.8) is 0 Å². The van der Waals surface area contributed by atoms with Gasteiger partial charge in [-0.2, -0.15) is 5.26 Å². The van der Waals surface area contributed by atoms with Crippen LogP contribution in [0.15, 0.2) is 11.8 Å². The zero-order valence-corrected chi connectivity index (χ0v) is 10.3. The molecule has 0 saturated heterocycles. The van der Waals surface area contributed by atoms with Crippen LogP contribution in [-0.2, 0) is 4.79 Å². The fourth-order valence-electron chi connectivity index (χ4n) is 1.03. The van der Waals surface area contributed by atoms with Crippen LogP contribution in [0, 0.1) is 17.2 Å². The highest BCUT2D eigenvalue weighted by Gasteiger charge is 2.06. The van der Waals surface area contributed by atoms with Crippen molar-refractivity contribution in [1.82, 2.24) is 10.6 Å². The summed E-state index contributed by atoms with van der Waals surface area (Å²) >= 11 is 0. The van der Waals surface area contributed by atoms with Crippen LogP contribution in [0.1, 0.15) is 33.6 Å². The van der Waals surface area contributed by atoms with Gasteiger partial charge in [-0.25, -0.2) is 0 Å². The summed E-state index contributed by atoms with van der Waals surface area (Å²) in [4.78, 5) is 11.4. The predicted molar refractivity (Wildman–Crippen MR) is 64.5 cm³/mol. The molecular weight excluding hydrogens is 202 g/mol. The molecule has 0 aromatic rings. The van der Waals surface area contributed by atoms with E-state index < -0.39 is 0 Å². The molecule has 0 spiro atoms. The van der Waals surface area contributed by atoms with Crippen molar-refractivity contribution in [2.24, 2.45) is 5.92 Å². The molecule has 4 nitrogen and oxygen atoms in total. The van der Waals surface area contributed by atoms with E-state index in [9.17, 15) is 4.79 Å². The summed E-state index contributed by atoms with van der Waals surface area (Å²) < 4.78 is 0. The van der Waals surface area contributed by atoms with E-state index in [-0.39, 0.29) is 11.5 Å². The Hall–Kier alpha value is -1.50. The predicted octanol–water partition coefficient (Wildman–Crippen LogP) is 1.56. The van der Waals surface area contributed by atoms with Crippen LogP contribution in [0.3, 0.4) is 0 Å². The Kier molecular flexibility index (Phi) is 7.96. The van der Waals surface area contributed by atoms with E-state index in [2.05, 4.69) is 24.5 Å². The van der Waals surface area contributed by atoms with Crippen LogP contribution in [0.25, 0.3) is 0 Å². The zero-order valence-electron chi connectivity index (χ0n) is 10.3. The van der Waals surface area contributed by atoms with E-state index in [4.69, 9.17) is 5.26 Å². The maximum Gasteiger partial charge on any atom is 0.263 e. The molecule has 2 N–H and O–H groups in total. The normalized spacial score (nSPS) is 11.1. The number of carbonyl (C=O) groups excluding carboxylic acids is 1. The second kappa shape index (κ2) is 8.78. The van der Waals surface area contributed by atoms with E-state index in [1.165, 1.54) is 6.20 Å². The Labute approximate surface area is 97.7 Å². The molecule has 90 valence electrons. The summed E-state index contributed by atoms with van der Waals surface area (Å²) in [6.07, 6.45) is 3.38. The number of rotatable bonds is 7. The maximum atomic E-state index is 11.4. The largest absolute Gasteiger partial charge is 0.390 e. The van der Waals surface area contributed by atoms with Gasteiger partial charge in [-0.05, 0) is 18.8 Å². The van der Waals surface area contributed by atoms with Gasteiger partial charge in [0.05, 0.1) is 0 Å². The number of amides is 1. The van der Waals surface area contributed by atoms with Gasteiger partial charge in [0.15, 0.2) is 0 Å². The zero-order chi connectivity index (χ0) is 12.4. The van der Waals surface area contributed by atoms with Crippen molar-refractivity contribution in [2.45, 2.75) is 33.6 Å². The first kappa shape index (κ1) is 14.5. The lowest BCUT2D eigenvalue weighted by atomic mass is 10.1. The van der Waals surface area contributed by atoms with Gasteiger partial charge in [0, 0.05) is 19.3 Å². The molecule has 0 aromatic carbocycles. The Morgan fingerprint density at radius 3 is 2.62 bits per heavy atom. The lowest BCUT2D eigenvalue weighted by Crippen LogP contribution is -2.26. The molecule has 0 aliphatic heterocycles. The van der Waals surface area contributed by atoms with E-state index in [1.54, 1.807) is 0 Å². The van der Waals surface area contributed by atoms with Gasteiger partial charge in [-0.15, -0.1) is 0 Å². The Balaban J connectivity index is 4.02. The lowest BCUT2D eigenvalue weighted by Gasteiger charge is -2.05. The van der Waals surface area contributed by atoms with E-state index in [0.29, 0.717) is 12.5 Å². The molecule has 0 aromatic heterocycles. The highest BCUT2D eigenvalue weighted by molar-refractivity contribution is 5.97. The molecule has 0 aliphatic carbocycles. The molecule has 0 rings (SSSR count). The maximum absolute atomic E-state index is 11.4. The summed E-state index contributed by atoms with van der Waals surface area (Å²) in [5.41, 5.74) is 0.136. The van der Waals surface area contributed by atoms with Gasteiger partial charge < -0.3 is 10.6 Å². The molecule has 0 bridgehead atoms. The quantitative estimate of drug-likeness (QED) is 0.391. The minimum Gasteiger partial charge on any atom is -0.390 e. The molecule has 1 amide bonds. The molecule has 0 fully saturated rings. The van der Waals surface area contributed by atoms with Gasteiger partial charge in [0.25, 0.3) is 5.91 Å². The standard InChI is InChI=1S/C12H21N3O/c1-4-6-15-12(16)11(8-13)9-14-7-5-10(2)3/h9-10,14H,4-7H2,1-3H3,(H,15,16)/b11-9-. The number of hydrogen-bond acceptors (Lipinski definition) is 3. The fourth-order valence-corrected chi connectivity index (χ4v) is 1.03. The molecule has 0 aliphatic rings. The first-order valence-corrected chi connectivity index (χ1v) is 5.73. The number of nitrogens with zero attached hydrogens (tertiary/aromatic N) is 1. The number of hydrogen-bond donors (Lipinski definition) is 2. The van der Waals surface area contributed by atoms with Crippen molar-refractivity contribution in [3.05, 3.63) is 11.8 Å². The summed E-state index contributed by atoms with van der Waals surface area (Å²) in [6, 6.07) is 1.89. The molecule has 0 heterocycles. The average molecular weight is 223 g/mol. The van der Waals surface area contributed by atoms with Crippen LogP contribution in [0.4, 0.5) is 0 Å². The first-order valence-electron chi connectivity index (χ1n) is 5.73. The van der Waals surface area contributed by atoms with Crippen molar-refractivity contribution in [2.75, 3.05) is 13.1 Å². The third kappa shape index (κ3) is 6.88. The minimum atomic E-state index is -0.304. The van der Waals surface area contributed by atoms with Gasteiger partial charge in [-0.1, -0.05) is 20.8 Å². The van der Waals surface area contributed by atoms with E-state index >= 15 is 0 Å². The fraction of sp³-hybridized carbons (Fsp3) is 0.667. The minimum absolute atomic E-state index is 0.136. The third-order valence-electron chi connectivity index (χ3n) is 2.01. The summed E-state index contributed by atoms with van der Waals surface area (Å²) in [6.45, 7) is 7.61. The van der Waals surface area contributed by atoms with Crippen LogP contribution in [0.2, 0.25) is 0 Å². The number of carbonyl (C=O) groups is 1. The summed E-state index contributed by atoms with van der Waals surface area (Å²) in [7, 11) is 0. The van der Waals surface area contributed by atoms with Gasteiger partial charge in [0.1, 0.15) is 11.6 Å². The lowest BCUT2D eigenvalue weighted by molar-refractivity contribution is -0.117. The Morgan fingerprint density at radius 1 is 1.44 bits per heavy atom. The Bertz CT molecular complexity index is 276.